The Kier molecular flexibility index (Phi) is 6.55. The average Bonchev–Trinajstić information content (AvgIpc) is 2.80. The van der Waals surface area contributed by atoms with Crippen LogP contribution in [0.25, 0.3) is 0 Å². The molecule has 0 radical (unpaired) electrons. The molecule has 0 N–H and O–H groups in total. The van der Waals surface area contributed by atoms with Crippen LogP contribution in [0.3, 0.4) is 0 Å². The van der Waals surface area contributed by atoms with Gasteiger partial charge in [-0.2, -0.15) is 13.2 Å². The minimum atomic E-state index is -4.36. The third kappa shape index (κ3) is 5.53. The molecule has 1 aromatic heterocycles. The molecule has 4 rings (SSSR count). The van der Waals surface area contributed by atoms with Crippen molar-refractivity contribution in [2.24, 2.45) is 0 Å². The van der Waals surface area contributed by atoms with Crippen LogP contribution in [0.1, 0.15) is 34.1 Å². The van der Waals surface area contributed by atoms with Crippen LogP contribution in [0.5, 0.6) is 0 Å². The van der Waals surface area contributed by atoms with Gasteiger partial charge in [0.15, 0.2) is 0 Å². The summed E-state index contributed by atoms with van der Waals surface area (Å²) in [5.41, 5.74) is 2.39. The first kappa shape index (κ1) is 22.0. The largest absolute Gasteiger partial charge is 0.416 e. The lowest BCUT2D eigenvalue weighted by Crippen LogP contribution is -2.43. The molecular weight excluding hydrogens is 417 g/mol. The second kappa shape index (κ2) is 9.53. The summed E-state index contributed by atoms with van der Waals surface area (Å²) in [6.45, 7) is 1.39. The molecule has 166 valence electrons. The van der Waals surface area contributed by atoms with Gasteiger partial charge in [0.1, 0.15) is 6.10 Å². The van der Waals surface area contributed by atoms with Crippen molar-refractivity contribution >= 4 is 5.91 Å². The Balaban J connectivity index is 1.39. The molecule has 0 unspecified atom stereocenters. The molecule has 1 amide bonds. The molecule has 1 aliphatic rings. The quantitative estimate of drug-likeness (QED) is 0.571. The van der Waals surface area contributed by atoms with E-state index in [9.17, 15) is 18.0 Å². The number of morpholine rings is 1. The predicted molar refractivity (Wildman–Crippen MR) is 114 cm³/mol. The summed E-state index contributed by atoms with van der Waals surface area (Å²) in [5, 5.41) is 0. The van der Waals surface area contributed by atoms with Crippen molar-refractivity contribution in [1.82, 2.24) is 9.88 Å². The second-order valence-electron chi connectivity index (χ2n) is 7.83. The van der Waals surface area contributed by atoms with Gasteiger partial charge in [-0.15, -0.1) is 0 Å². The van der Waals surface area contributed by atoms with E-state index in [1.54, 1.807) is 17.2 Å². The number of ether oxygens (including phenoxy) is 1. The van der Waals surface area contributed by atoms with Gasteiger partial charge in [-0.05, 0) is 35.2 Å². The zero-order chi connectivity index (χ0) is 22.6. The van der Waals surface area contributed by atoms with E-state index >= 15 is 0 Å². The molecule has 1 fully saturated rings. The van der Waals surface area contributed by atoms with E-state index in [4.69, 9.17) is 4.74 Å². The summed E-state index contributed by atoms with van der Waals surface area (Å²) in [6, 6.07) is 18.6. The van der Waals surface area contributed by atoms with Gasteiger partial charge in [-0.1, -0.05) is 54.6 Å². The minimum absolute atomic E-state index is 0.0469. The Bertz CT molecular complexity index is 1050. The predicted octanol–water partition coefficient (Wildman–Crippen LogP) is 4.83. The molecule has 1 aliphatic heterocycles. The molecule has 0 spiro atoms. The molecule has 1 atom stereocenters. The number of pyridine rings is 1. The summed E-state index contributed by atoms with van der Waals surface area (Å²) in [5.74, 6) is 0.0469. The first-order chi connectivity index (χ1) is 15.4. The van der Waals surface area contributed by atoms with Crippen molar-refractivity contribution in [3.05, 3.63) is 101 Å². The molecule has 3 aromatic rings. The van der Waals surface area contributed by atoms with Crippen molar-refractivity contribution < 1.29 is 22.7 Å². The van der Waals surface area contributed by atoms with Crippen molar-refractivity contribution in [2.75, 3.05) is 19.7 Å². The van der Waals surface area contributed by atoms with Gasteiger partial charge in [-0.25, -0.2) is 0 Å². The molecule has 2 heterocycles. The fourth-order valence-electron chi connectivity index (χ4n) is 3.76. The van der Waals surface area contributed by atoms with Gasteiger partial charge in [0.05, 0.1) is 30.8 Å². The summed E-state index contributed by atoms with van der Waals surface area (Å²) in [4.78, 5) is 18.9. The van der Waals surface area contributed by atoms with Crippen LogP contribution < -0.4 is 0 Å². The molecule has 2 aromatic carbocycles. The lowest BCUT2D eigenvalue weighted by molar-refractivity contribution is -0.138. The Labute approximate surface area is 184 Å². The van der Waals surface area contributed by atoms with Crippen molar-refractivity contribution in [2.45, 2.75) is 25.1 Å². The number of carbonyl (C=O) groups is 1. The highest BCUT2D eigenvalue weighted by Gasteiger charge is 2.30. The summed E-state index contributed by atoms with van der Waals surface area (Å²) >= 11 is 0. The Morgan fingerprint density at radius 1 is 1.00 bits per heavy atom. The zero-order valence-electron chi connectivity index (χ0n) is 17.4. The lowest BCUT2D eigenvalue weighted by Gasteiger charge is -2.32. The zero-order valence-corrected chi connectivity index (χ0v) is 17.4. The molecular formula is C25H23F3N2O2. The van der Waals surface area contributed by atoms with E-state index < -0.39 is 11.7 Å². The van der Waals surface area contributed by atoms with Crippen LogP contribution in [0.2, 0.25) is 0 Å². The number of nitrogens with zero attached hydrogens (tertiary/aromatic N) is 2. The van der Waals surface area contributed by atoms with E-state index in [1.165, 1.54) is 6.07 Å². The number of amides is 1. The molecule has 0 bridgehead atoms. The van der Waals surface area contributed by atoms with Gasteiger partial charge >= 0.3 is 6.18 Å². The molecule has 0 aliphatic carbocycles. The highest BCUT2D eigenvalue weighted by atomic mass is 19.4. The van der Waals surface area contributed by atoms with Crippen LogP contribution in [-0.4, -0.2) is 35.5 Å². The molecule has 4 nitrogen and oxygen atoms in total. The van der Waals surface area contributed by atoms with Crippen molar-refractivity contribution in [1.29, 1.82) is 0 Å². The normalized spacial score (nSPS) is 16.7. The SMILES string of the molecule is O=C(Cc1ccccc1)N1CCO[C@@H](c2ccc(Cc3cccc(C(F)(F)F)c3)cn2)C1. The van der Waals surface area contributed by atoms with Gasteiger partial charge in [0.2, 0.25) is 5.91 Å². The second-order valence-corrected chi connectivity index (χ2v) is 7.83. The van der Waals surface area contributed by atoms with Gasteiger partial charge in [0, 0.05) is 12.7 Å². The number of carbonyl (C=O) groups excluding carboxylic acids is 1. The third-order valence-electron chi connectivity index (χ3n) is 5.46. The van der Waals surface area contributed by atoms with Crippen molar-refractivity contribution in [3.63, 3.8) is 0 Å². The van der Waals surface area contributed by atoms with Crippen LogP contribution in [0.4, 0.5) is 13.2 Å². The van der Waals surface area contributed by atoms with Gasteiger partial charge < -0.3 is 9.64 Å². The van der Waals surface area contributed by atoms with Gasteiger partial charge in [-0.3, -0.25) is 9.78 Å². The Morgan fingerprint density at radius 3 is 2.50 bits per heavy atom. The maximum atomic E-state index is 12.9. The van der Waals surface area contributed by atoms with Crippen LogP contribution >= 0.6 is 0 Å². The topological polar surface area (TPSA) is 42.4 Å². The summed E-state index contributed by atoms with van der Waals surface area (Å²) < 4.78 is 44.6. The van der Waals surface area contributed by atoms with E-state index in [0.717, 1.165) is 23.3 Å². The van der Waals surface area contributed by atoms with E-state index in [1.807, 2.05) is 42.5 Å². The van der Waals surface area contributed by atoms with E-state index in [0.29, 0.717) is 43.8 Å². The lowest BCUT2D eigenvalue weighted by atomic mass is 10.0. The maximum absolute atomic E-state index is 12.9. The standard InChI is InChI=1S/C25H23F3N2O2/c26-25(27,28)21-8-4-7-19(14-21)13-20-9-10-22(29-16-20)23-17-30(11-12-32-23)24(31)15-18-5-2-1-3-6-18/h1-10,14,16,23H,11-13,15,17H2/t23-/m1/s1. The van der Waals surface area contributed by atoms with Crippen molar-refractivity contribution in [3.8, 4) is 0 Å². The highest BCUT2D eigenvalue weighted by molar-refractivity contribution is 5.78. The smallest absolute Gasteiger partial charge is 0.368 e. The van der Waals surface area contributed by atoms with Crippen LogP contribution in [0, 0.1) is 0 Å². The molecule has 7 heteroatoms. The Morgan fingerprint density at radius 2 is 1.78 bits per heavy atom. The summed E-state index contributed by atoms with van der Waals surface area (Å²) in [6.07, 6.45) is -2.34. The van der Waals surface area contributed by atoms with E-state index in [-0.39, 0.29) is 12.0 Å². The highest BCUT2D eigenvalue weighted by Crippen LogP contribution is 2.30. The number of benzene rings is 2. The average molecular weight is 440 g/mol. The third-order valence-corrected chi connectivity index (χ3v) is 5.46. The number of hydrogen-bond donors (Lipinski definition) is 0. The monoisotopic (exact) mass is 440 g/mol. The molecule has 0 saturated carbocycles. The van der Waals surface area contributed by atoms with Crippen LogP contribution in [-0.2, 0) is 28.5 Å². The van der Waals surface area contributed by atoms with Crippen LogP contribution in [0.15, 0.2) is 72.9 Å². The fourth-order valence-corrected chi connectivity index (χ4v) is 3.76. The van der Waals surface area contributed by atoms with E-state index in [2.05, 4.69) is 4.98 Å². The number of aromatic nitrogens is 1. The maximum Gasteiger partial charge on any atom is 0.416 e. The number of halogens is 3. The number of hydrogen-bond acceptors (Lipinski definition) is 3. The Hall–Kier alpha value is -3.19. The number of alkyl halides is 3. The molecule has 32 heavy (non-hydrogen) atoms. The molecule has 1 saturated heterocycles. The first-order valence-electron chi connectivity index (χ1n) is 10.4. The minimum Gasteiger partial charge on any atom is -0.368 e. The van der Waals surface area contributed by atoms with Gasteiger partial charge in [0.25, 0.3) is 0 Å². The number of rotatable bonds is 5. The fraction of sp³-hybridized carbons (Fsp3) is 0.280. The first-order valence-corrected chi connectivity index (χ1v) is 10.4. The summed E-state index contributed by atoms with van der Waals surface area (Å²) in [7, 11) is 0.